The van der Waals surface area contributed by atoms with E-state index >= 15 is 0 Å². The van der Waals surface area contributed by atoms with Crippen molar-refractivity contribution >= 4 is 38.4 Å². The zero-order valence-corrected chi connectivity index (χ0v) is 20.5. The highest BCUT2D eigenvalue weighted by Crippen LogP contribution is 2.33. The Balaban J connectivity index is 1.18. The molecule has 1 aliphatic carbocycles. The van der Waals surface area contributed by atoms with Gasteiger partial charge in [0.1, 0.15) is 10.7 Å². The molecule has 180 valence electrons. The molecule has 4 aromatic rings. The Labute approximate surface area is 205 Å². The minimum absolute atomic E-state index is 0.0317. The minimum atomic E-state index is -0.189. The van der Waals surface area contributed by atoms with Crippen molar-refractivity contribution in [2.24, 2.45) is 7.05 Å². The third-order valence-corrected chi connectivity index (χ3v) is 8.48. The van der Waals surface area contributed by atoms with Gasteiger partial charge in [0, 0.05) is 49.6 Å². The first-order valence-electron chi connectivity index (χ1n) is 12.1. The molecule has 6 rings (SSSR count). The van der Waals surface area contributed by atoms with E-state index in [1.165, 1.54) is 22.9 Å². The fraction of sp³-hybridized carbons (Fsp3) is 0.385. The van der Waals surface area contributed by atoms with E-state index in [1.54, 1.807) is 23.0 Å². The lowest BCUT2D eigenvalue weighted by Crippen LogP contribution is -2.48. The van der Waals surface area contributed by atoms with Gasteiger partial charge in [-0.2, -0.15) is 0 Å². The van der Waals surface area contributed by atoms with Crippen LogP contribution in [0.3, 0.4) is 0 Å². The van der Waals surface area contributed by atoms with Crippen molar-refractivity contribution in [2.75, 3.05) is 26.2 Å². The monoisotopic (exact) mass is 489 g/mol. The van der Waals surface area contributed by atoms with Gasteiger partial charge >= 0.3 is 0 Å². The quantitative estimate of drug-likeness (QED) is 0.478. The largest absolute Gasteiger partial charge is 0.336 e. The molecule has 0 radical (unpaired) electrons. The van der Waals surface area contributed by atoms with Crippen LogP contribution in [-0.2, 0) is 26.4 Å². The lowest BCUT2D eigenvalue weighted by Gasteiger charge is -2.34. The van der Waals surface area contributed by atoms with Crippen molar-refractivity contribution in [3.8, 4) is 0 Å². The molecule has 0 bridgehead atoms. The lowest BCUT2D eigenvalue weighted by atomic mass is 9.97. The number of rotatable bonds is 3. The Morgan fingerprint density at radius 1 is 1.09 bits per heavy atom. The highest BCUT2D eigenvalue weighted by Gasteiger charge is 2.25. The number of para-hydroxylation sites is 1. The summed E-state index contributed by atoms with van der Waals surface area (Å²) in [5, 5.41) is 1.57. The normalized spacial score (nSPS) is 16.7. The number of fused-ring (bicyclic) bond motifs is 4. The average Bonchev–Trinajstić information content (AvgIpc) is 3.25. The molecule has 3 aromatic heterocycles. The maximum absolute atomic E-state index is 13.3. The first-order chi connectivity index (χ1) is 17.0. The lowest BCUT2D eigenvalue weighted by molar-refractivity contribution is 0.0627. The topological polar surface area (TPSA) is 91.3 Å². The second kappa shape index (κ2) is 8.73. The van der Waals surface area contributed by atoms with E-state index in [0.717, 1.165) is 40.4 Å². The van der Waals surface area contributed by atoms with Gasteiger partial charge < -0.3 is 14.5 Å². The molecule has 4 heterocycles. The van der Waals surface area contributed by atoms with Crippen LogP contribution in [0.4, 0.5) is 0 Å². The first kappa shape index (κ1) is 22.2. The summed E-state index contributed by atoms with van der Waals surface area (Å²) in [6, 6.07) is 8.95. The van der Waals surface area contributed by atoms with E-state index < -0.39 is 0 Å². The van der Waals surface area contributed by atoms with Gasteiger partial charge in [0.2, 0.25) is 0 Å². The molecule has 1 saturated heterocycles. The molecule has 1 N–H and O–H groups in total. The van der Waals surface area contributed by atoms with Crippen LogP contribution in [0, 0.1) is 0 Å². The van der Waals surface area contributed by atoms with Crippen molar-refractivity contribution in [3.05, 3.63) is 72.9 Å². The number of aromatic nitrogens is 3. The smallest absolute Gasteiger partial charge is 0.259 e. The predicted octanol–water partition coefficient (Wildman–Crippen LogP) is 2.67. The van der Waals surface area contributed by atoms with Crippen molar-refractivity contribution in [1.82, 2.24) is 24.3 Å². The van der Waals surface area contributed by atoms with Gasteiger partial charge in [-0.1, -0.05) is 18.2 Å². The summed E-state index contributed by atoms with van der Waals surface area (Å²) >= 11 is 1.67. The van der Waals surface area contributed by atoms with E-state index in [4.69, 9.17) is 4.98 Å². The number of piperazine rings is 1. The predicted molar refractivity (Wildman–Crippen MR) is 137 cm³/mol. The molecule has 1 amide bonds. The average molecular weight is 490 g/mol. The van der Waals surface area contributed by atoms with Gasteiger partial charge in [0.15, 0.2) is 0 Å². The first-order valence-corrected chi connectivity index (χ1v) is 12.9. The van der Waals surface area contributed by atoms with Crippen LogP contribution >= 0.6 is 11.3 Å². The van der Waals surface area contributed by atoms with E-state index in [-0.39, 0.29) is 17.0 Å². The molecule has 1 aromatic carbocycles. The van der Waals surface area contributed by atoms with Crippen molar-refractivity contribution in [1.29, 1.82) is 0 Å². The highest BCUT2D eigenvalue weighted by atomic mass is 32.1. The highest BCUT2D eigenvalue weighted by molar-refractivity contribution is 7.18. The van der Waals surface area contributed by atoms with Crippen LogP contribution in [0.5, 0.6) is 0 Å². The Hall–Kier alpha value is -3.30. The molecule has 1 fully saturated rings. The molecule has 1 aliphatic heterocycles. The minimum Gasteiger partial charge on any atom is -0.336 e. The second-order valence-electron chi connectivity index (χ2n) is 9.44. The molecule has 0 atom stereocenters. The fourth-order valence-corrected chi connectivity index (χ4v) is 6.64. The fourth-order valence-electron chi connectivity index (χ4n) is 5.36. The van der Waals surface area contributed by atoms with Crippen molar-refractivity contribution in [2.45, 2.75) is 32.2 Å². The van der Waals surface area contributed by atoms with Crippen LogP contribution in [0.15, 0.2) is 39.9 Å². The number of amides is 1. The molecule has 0 saturated carbocycles. The zero-order valence-electron chi connectivity index (χ0n) is 19.7. The number of nitrogens with one attached hydrogen (secondary N) is 1. The van der Waals surface area contributed by atoms with E-state index in [9.17, 15) is 14.4 Å². The van der Waals surface area contributed by atoms with Crippen molar-refractivity contribution in [3.63, 3.8) is 0 Å². The third-order valence-electron chi connectivity index (χ3n) is 7.29. The summed E-state index contributed by atoms with van der Waals surface area (Å²) in [5.41, 5.74) is 2.19. The summed E-state index contributed by atoms with van der Waals surface area (Å²) in [5.74, 6) is 0.564. The van der Waals surface area contributed by atoms with E-state index in [1.807, 2.05) is 29.2 Å². The van der Waals surface area contributed by atoms with Gasteiger partial charge in [-0.05, 0) is 37.3 Å². The number of pyridine rings is 1. The maximum atomic E-state index is 13.3. The number of hydrogen-bond donors (Lipinski definition) is 1. The van der Waals surface area contributed by atoms with Gasteiger partial charge in [-0.25, -0.2) is 4.98 Å². The molecule has 9 heteroatoms. The van der Waals surface area contributed by atoms with Gasteiger partial charge in [0.05, 0.1) is 23.0 Å². The maximum Gasteiger partial charge on any atom is 0.259 e. The number of nitrogens with zero attached hydrogens (tertiary/aromatic N) is 4. The number of hydrogen-bond acceptors (Lipinski definition) is 6. The van der Waals surface area contributed by atoms with E-state index in [0.29, 0.717) is 44.1 Å². The molecule has 0 spiro atoms. The zero-order chi connectivity index (χ0) is 24.1. The molecular weight excluding hydrogens is 462 g/mol. The SMILES string of the molecule is Cn1c(=O)cc(C(=O)N2CCN(Cc3nc4sc5c(c4c(=O)[nH]3)CCCC5)CC2)c2ccccc21. The number of aryl methyl sites for hydroxylation is 3. The van der Waals surface area contributed by atoms with Crippen LogP contribution in [0.1, 0.15) is 39.5 Å². The summed E-state index contributed by atoms with van der Waals surface area (Å²) in [4.78, 5) is 52.6. The summed E-state index contributed by atoms with van der Waals surface area (Å²) in [6.45, 7) is 3.02. The number of thiophene rings is 1. The van der Waals surface area contributed by atoms with Gasteiger partial charge in [0.25, 0.3) is 17.0 Å². The third kappa shape index (κ3) is 3.88. The van der Waals surface area contributed by atoms with Crippen LogP contribution in [0.2, 0.25) is 0 Å². The van der Waals surface area contributed by atoms with Crippen LogP contribution in [0.25, 0.3) is 21.1 Å². The van der Waals surface area contributed by atoms with Crippen LogP contribution in [-0.4, -0.2) is 56.4 Å². The van der Waals surface area contributed by atoms with Gasteiger partial charge in [-0.15, -0.1) is 11.3 Å². The number of carbonyl (C=O) groups is 1. The Kier molecular flexibility index (Phi) is 5.53. The summed E-state index contributed by atoms with van der Waals surface area (Å²) in [7, 11) is 1.72. The van der Waals surface area contributed by atoms with Gasteiger partial charge in [-0.3, -0.25) is 19.3 Å². The molecule has 0 unspecified atom stereocenters. The Morgan fingerprint density at radius 2 is 1.86 bits per heavy atom. The van der Waals surface area contributed by atoms with E-state index in [2.05, 4.69) is 9.88 Å². The van der Waals surface area contributed by atoms with Crippen LogP contribution < -0.4 is 11.1 Å². The number of carbonyl (C=O) groups excluding carboxylic acids is 1. The molecule has 8 nitrogen and oxygen atoms in total. The Bertz CT molecular complexity index is 1580. The molecule has 35 heavy (non-hydrogen) atoms. The number of benzene rings is 1. The molecular formula is C26H27N5O3S. The summed E-state index contributed by atoms with van der Waals surface area (Å²) < 4.78 is 1.57. The molecule has 2 aliphatic rings. The Morgan fingerprint density at radius 3 is 2.69 bits per heavy atom. The number of H-pyrrole nitrogens is 1. The standard InChI is InChI=1S/C26H27N5O3S/c1-29-19-8-4-2-6-16(19)18(14-22(29)32)26(34)31-12-10-30(11-13-31)15-21-27-24(33)23-17-7-3-5-9-20(17)35-25(23)28-21/h2,4,6,8,14H,3,5,7,9-13,15H2,1H3,(H,27,28,33). The second-order valence-corrected chi connectivity index (χ2v) is 10.5. The van der Waals surface area contributed by atoms with Crippen molar-refractivity contribution < 1.29 is 4.79 Å². The summed E-state index contributed by atoms with van der Waals surface area (Å²) in [6.07, 6.45) is 4.33. The number of aromatic amines is 1.